The van der Waals surface area contributed by atoms with Crippen LogP contribution < -0.4 is 10.0 Å². The summed E-state index contributed by atoms with van der Waals surface area (Å²) in [6.45, 7) is 7.52. The summed E-state index contributed by atoms with van der Waals surface area (Å²) >= 11 is 0. The average molecular weight is 303 g/mol. The lowest BCUT2D eigenvalue weighted by Crippen LogP contribution is -2.29. The topological polar surface area (TPSA) is 83.2 Å². The summed E-state index contributed by atoms with van der Waals surface area (Å²) in [5, 5.41) is 3.23. The highest BCUT2D eigenvalue weighted by Gasteiger charge is 2.17. The van der Waals surface area contributed by atoms with Crippen molar-refractivity contribution in [1.82, 2.24) is 15.0 Å². The van der Waals surface area contributed by atoms with Gasteiger partial charge in [0.2, 0.25) is 10.0 Å². The van der Waals surface area contributed by atoms with Crippen LogP contribution in [0.3, 0.4) is 0 Å². The van der Waals surface area contributed by atoms with Gasteiger partial charge in [-0.05, 0) is 12.0 Å². The Morgan fingerprint density at radius 1 is 1.35 bits per heavy atom. The van der Waals surface area contributed by atoms with Crippen molar-refractivity contribution in [3.63, 3.8) is 0 Å². The van der Waals surface area contributed by atoms with Crippen molar-refractivity contribution >= 4 is 10.0 Å². The SMILES string of the molecule is COCC(C)CNS(=O)(=O)c1c[nH]c(CNC(C)C)c1. The second-order valence-corrected chi connectivity index (χ2v) is 7.08. The highest BCUT2D eigenvalue weighted by molar-refractivity contribution is 7.89. The van der Waals surface area contributed by atoms with Gasteiger partial charge in [0.05, 0.1) is 4.90 Å². The van der Waals surface area contributed by atoms with Gasteiger partial charge in [0.1, 0.15) is 0 Å². The highest BCUT2D eigenvalue weighted by atomic mass is 32.2. The van der Waals surface area contributed by atoms with Crippen LogP contribution in [0.1, 0.15) is 26.5 Å². The molecule has 1 unspecified atom stereocenters. The van der Waals surface area contributed by atoms with Crippen molar-refractivity contribution in [3.05, 3.63) is 18.0 Å². The third-order valence-corrected chi connectivity index (χ3v) is 4.20. The zero-order chi connectivity index (χ0) is 15.2. The van der Waals surface area contributed by atoms with E-state index < -0.39 is 10.0 Å². The molecule has 0 saturated heterocycles. The van der Waals surface area contributed by atoms with Gasteiger partial charge in [0.15, 0.2) is 0 Å². The summed E-state index contributed by atoms with van der Waals surface area (Å²) in [6.07, 6.45) is 1.51. The number of rotatable bonds is 9. The van der Waals surface area contributed by atoms with Gasteiger partial charge in [-0.1, -0.05) is 20.8 Å². The van der Waals surface area contributed by atoms with E-state index in [4.69, 9.17) is 4.74 Å². The lowest BCUT2D eigenvalue weighted by atomic mass is 10.2. The molecule has 0 saturated carbocycles. The lowest BCUT2D eigenvalue weighted by Gasteiger charge is -2.11. The Labute approximate surface area is 121 Å². The van der Waals surface area contributed by atoms with Crippen LogP contribution in [0.4, 0.5) is 0 Å². The van der Waals surface area contributed by atoms with Crippen LogP contribution in [-0.4, -0.2) is 39.7 Å². The molecule has 0 amide bonds. The Balaban J connectivity index is 2.59. The Bertz CT molecular complexity index is 497. The van der Waals surface area contributed by atoms with Crippen molar-refractivity contribution < 1.29 is 13.2 Å². The number of nitrogens with one attached hydrogen (secondary N) is 3. The van der Waals surface area contributed by atoms with Crippen molar-refractivity contribution in [1.29, 1.82) is 0 Å². The summed E-state index contributed by atoms with van der Waals surface area (Å²) in [5.74, 6) is 0.135. The van der Waals surface area contributed by atoms with Crippen LogP contribution in [-0.2, 0) is 21.3 Å². The van der Waals surface area contributed by atoms with E-state index in [0.29, 0.717) is 25.7 Å². The summed E-state index contributed by atoms with van der Waals surface area (Å²) < 4.78 is 31.8. The molecule has 0 bridgehead atoms. The van der Waals surface area contributed by atoms with Gasteiger partial charge in [0, 0.05) is 44.7 Å². The minimum Gasteiger partial charge on any atom is -0.384 e. The molecule has 1 rings (SSSR count). The number of H-pyrrole nitrogens is 1. The summed E-state index contributed by atoms with van der Waals surface area (Å²) in [4.78, 5) is 3.24. The Morgan fingerprint density at radius 3 is 2.65 bits per heavy atom. The predicted molar refractivity (Wildman–Crippen MR) is 79.0 cm³/mol. The quantitative estimate of drug-likeness (QED) is 0.637. The summed E-state index contributed by atoms with van der Waals surface area (Å²) in [6, 6.07) is 2.00. The molecule has 0 aliphatic carbocycles. The first-order chi connectivity index (χ1) is 9.35. The van der Waals surface area contributed by atoms with Gasteiger partial charge in [-0.25, -0.2) is 13.1 Å². The molecule has 0 aromatic carbocycles. The molecule has 0 fully saturated rings. The van der Waals surface area contributed by atoms with Crippen LogP contribution in [0, 0.1) is 5.92 Å². The monoisotopic (exact) mass is 303 g/mol. The third-order valence-electron chi connectivity index (χ3n) is 2.80. The molecule has 20 heavy (non-hydrogen) atoms. The molecule has 0 radical (unpaired) electrons. The molecule has 0 aliphatic rings. The van der Waals surface area contributed by atoms with E-state index in [9.17, 15) is 8.42 Å². The number of aromatic nitrogens is 1. The van der Waals surface area contributed by atoms with E-state index in [1.165, 1.54) is 6.20 Å². The van der Waals surface area contributed by atoms with Gasteiger partial charge in [-0.15, -0.1) is 0 Å². The number of ether oxygens (including phenoxy) is 1. The fourth-order valence-corrected chi connectivity index (χ4v) is 2.85. The number of aromatic amines is 1. The summed E-state index contributed by atoms with van der Waals surface area (Å²) in [5.41, 5.74) is 0.851. The van der Waals surface area contributed by atoms with Gasteiger partial charge in [0.25, 0.3) is 0 Å². The number of hydrogen-bond donors (Lipinski definition) is 3. The molecule has 6 nitrogen and oxygen atoms in total. The molecular weight excluding hydrogens is 278 g/mol. The number of hydrogen-bond acceptors (Lipinski definition) is 4. The van der Waals surface area contributed by atoms with Gasteiger partial charge < -0.3 is 15.0 Å². The Hall–Kier alpha value is -0.890. The third kappa shape index (κ3) is 5.62. The van der Waals surface area contributed by atoms with Crippen molar-refractivity contribution in [2.45, 2.75) is 38.3 Å². The zero-order valence-electron chi connectivity index (χ0n) is 12.6. The fourth-order valence-electron chi connectivity index (χ4n) is 1.67. The minimum atomic E-state index is -3.46. The van der Waals surface area contributed by atoms with Crippen LogP contribution in [0.25, 0.3) is 0 Å². The second kappa shape index (κ2) is 7.78. The molecule has 3 N–H and O–H groups in total. The van der Waals surface area contributed by atoms with Gasteiger partial charge in [-0.2, -0.15) is 0 Å². The predicted octanol–water partition coefficient (Wildman–Crippen LogP) is 1.07. The summed E-state index contributed by atoms with van der Waals surface area (Å²) in [7, 11) is -1.85. The lowest BCUT2D eigenvalue weighted by molar-refractivity contribution is 0.161. The van der Waals surface area contributed by atoms with Crippen LogP contribution >= 0.6 is 0 Å². The average Bonchev–Trinajstić information content (AvgIpc) is 2.84. The van der Waals surface area contributed by atoms with Crippen molar-refractivity contribution in [2.75, 3.05) is 20.3 Å². The first-order valence-corrected chi connectivity index (χ1v) is 8.22. The molecule has 1 aromatic heterocycles. The fraction of sp³-hybridized carbons (Fsp3) is 0.692. The van der Waals surface area contributed by atoms with E-state index in [1.54, 1.807) is 13.2 Å². The van der Waals surface area contributed by atoms with Crippen molar-refractivity contribution in [2.24, 2.45) is 5.92 Å². The van der Waals surface area contributed by atoms with E-state index >= 15 is 0 Å². The van der Waals surface area contributed by atoms with Crippen LogP contribution in [0.5, 0.6) is 0 Å². The van der Waals surface area contributed by atoms with Gasteiger partial charge in [-0.3, -0.25) is 0 Å². The zero-order valence-corrected chi connectivity index (χ0v) is 13.4. The first kappa shape index (κ1) is 17.2. The van der Waals surface area contributed by atoms with Gasteiger partial charge >= 0.3 is 0 Å². The molecule has 1 atom stereocenters. The Kier molecular flexibility index (Phi) is 6.67. The maximum absolute atomic E-state index is 12.1. The maximum Gasteiger partial charge on any atom is 0.242 e. The minimum absolute atomic E-state index is 0.135. The van der Waals surface area contributed by atoms with E-state index in [-0.39, 0.29) is 10.8 Å². The van der Waals surface area contributed by atoms with E-state index in [1.807, 2.05) is 20.8 Å². The van der Waals surface area contributed by atoms with E-state index in [0.717, 1.165) is 5.69 Å². The van der Waals surface area contributed by atoms with E-state index in [2.05, 4.69) is 15.0 Å². The smallest absolute Gasteiger partial charge is 0.242 e. The maximum atomic E-state index is 12.1. The van der Waals surface area contributed by atoms with Crippen LogP contribution in [0.2, 0.25) is 0 Å². The highest BCUT2D eigenvalue weighted by Crippen LogP contribution is 2.11. The molecule has 1 aromatic rings. The molecule has 116 valence electrons. The Morgan fingerprint density at radius 2 is 2.05 bits per heavy atom. The van der Waals surface area contributed by atoms with Crippen molar-refractivity contribution in [3.8, 4) is 0 Å². The number of methoxy groups -OCH3 is 1. The first-order valence-electron chi connectivity index (χ1n) is 6.74. The molecule has 1 heterocycles. The number of sulfonamides is 1. The second-order valence-electron chi connectivity index (χ2n) is 5.31. The van der Waals surface area contributed by atoms with Crippen LogP contribution in [0.15, 0.2) is 17.2 Å². The molecule has 0 aliphatic heterocycles. The molecular formula is C13H25N3O3S. The normalized spacial score (nSPS) is 13.8. The standard InChI is InChI=1S/C13H25N3O3S/c1-10(2)14-7-12-5-13(8-15-12)20(17,18)16-6-11(3)9-19-4/h5,8,10-11,14-16H,6-7,9H2,1-4H3. The molecule has 0 spiro atoms. The largest absolute Gasteiger partial charge is 0.384 e. The molecule has 7 heteroatoms.